The van der Waals surface area contributed by atoms with Gasteiger partial charge in [0.05, 0.1) is 12.0 Å². The van der Waals surface area contributed by atoms with Gasteiger partial charge >= 0.3 is 5.92 Å². The van der Waals surface area contributed by atoms with Gasteiger partial charge in [0, 0.05) is 12.5 Å². The van der Waals surface area contributed by atoms with Crippen molar-refractivity contribution in [1.29, 1.82) is 0 Å². The Morgan fingerprint density at radius 3 is 2.86 bits per heavy atom. The first-order valence-electron chi connectivity index (χ1n) is 6.73. The molecular weight excluding hydrogens is 282 g/mol. The summed E-state index contributed by atoms with van der Waals surface area (Å²) in [5.41, 5.74) is 1.36. The van der Waals surface area contributed by atoms with E-state index in [1.807, 2.05) is 0 Å². The third-order valence-corrected chi connectivity index (χ3v) is 3.48. The van der Waals surface area contributed by atoms with Crippen molar-refractivity contribution >= 4 is 0 Å². The molecule has 112 valence electrons. The van der Waals surface area contributed by atoms with E-state index in [-0.39, 0.29) is 18.0 Å². The number of alkyl halides is 2. The highest BCUT2D eigenvalue weighted by Crippen LogP contribution is 2.23. The topological polar surface area (TPSA) is 73.8 Å². The molecule has 0 aromatic carbocycles. The zero-order valence-corrected chi connectivity index (χ0v) is 11.5. The molecule has 2 heterocycles. The Hall–Kier alpha value is -2.12. The van der Waals surface area contributed by atoms with E-state index < -0.39 is 11.7 Å². The lowest BCUT2D eigenvalue weighted by atomic mass is 9.97. The number of aromatic nitrogens is 4. The van der Waals surface area contributed by atoms with Gasteiger partial charge in [-0.1, -0.05) is 5.16 Å². The zero-order valence-electron chi connectivity index (χ0n) is 11.5. The van der Waals surface area contributed by atoms with E-state index in [2.05, 4.69) is 15.1 Å². The Morgan fingerprint density at radius 2 is 2.14 bits per heavy atom. The van der Waals surface area contributed by atoms with Gasteiger partial charge in [-0.05, 0) is 25.7 Å². The number of halogens is 2. The van der Waals surface area contributed by atoms with Gasteiger partial charge in [-0.3, -0.25) is 9.36 Å². The van der Waals surface area contributed by atoms with Gasteiger partial charge in [0.1, 0.15) is 6.54 Å². The second-order valence-electron chi connectivity index (χ2n) is 5.21. The van der Waals surface area contributed by atoms with Crippen LogP contribution in [-0.2, 0) is 25.3 Å². The number of rotatable bonds is 3. The van der Waals surface area contributed by atoms with Crippen molar-refractivity contribution in [2.45, 2.75) is 45.1 Å². The fourth-order valence-electron chi connectivity index (χ4n) is 2.38. The molecule has 21 heavy (non-hydrogen) atoms. The highest BCUT2D eigenvalue weighted by Gasteiger charge is 2.31. The highest BCUT2D eigenvalue weighted by atomic mass is 19.3. The number of aryl methyl sites for hydroxylation is 1. The SMILES string of the molecule is CC(F)(F)c1noc(Cn2cnc3c(c2=O)CCCC3)n1. The summed E-state index contributed by atoms with van der Waals surface area (Å²) in [5.74, 6) is -3.89. The normalized spacial score (nSPS) is 15.0. The van der Waals surface area contributed by atoms with Gasteiger partial charge in [-0.25, -0.2) is 4.98 Å². The molecule has 3 rings (SSSR count). The standard InChI is InChI=1S/C13H14F2N4O2/c1-13(14,15)12-17-10(21-18-12)6-19-7-16-9-5-3-2-4-8(9)11(19)20/h7H,2-6H2,1H3. The second kappa shape index (κ2) is 5.01. The molecule has 2 aromatic rings. The van der Waals surface area contributed by atoms with Crippen molar-refractivity contribution in [3.63, 3.8) is 0 Å². The smallest absolute Gasteiger partial charge is 0.307 e. The van der Waals surface area contributed by atoms with Gasteiger partial charge in [0.15, 0.2) is 0 Å². The summed E-state index contributed by atoms with van der Waals surface area (Å²) < 4.78 is 32.2. The molecule has 0 fully saturated rings. The molecule has 1 aliphatic rings. The van der Waals surface area contributed by atoms with Crippen LogP contribution >= 0.6 is 0 Å². The van der Waals surface area contributed by atoms with Crippen molar-refractivity contribution in [3.8, 4) is 0 Å². The van der Waals surface area contributed by atoms with Crippen LogP contribution in [0.25, 0.3) is 0 Å². The maximum atomic E-state index is 13.0. The van der Waals surface area contributed by atoms with Crippen molar-refractivity contribution in [3.05, 3.63) is 39.7 Å². The molecule has 8 heteroatoms. The van der Waals surface area contributed by atoms with Gasteiger partial charge in [0.25, 0.3) is 5.56 Å². The van der Waals surface area contributed by atoms with E-state index in [4.69, 9.17) is 4.52 Å². The van der Waals surface area contributed by atoms with Crippen molar-refractivity contribution < 1.29 is 13.3 Å². The van der Waals surface area contributed by atoms with E-state index >= 15 is 0 Å². The summed E-state index contributed by atoms with van der Waals surface area (Å²) in [5, 5.41) is 3.23. The Balaban J connectivity index is 1.89. The largest absolute Gasteiger partial charge is 0.337 e. The summed E-state index contributed by atoms with van der Waals surface area (Å²) in [6.07, 6.45) is 4.89. The first kappa shape index (κ1) is 13.8. The average Bonchev–Trinajstić information content (AvgIpc) is 2.91. The van der Waals surface area contributed by atoms with Crippen LogP contribution in [0.2, 0.25) is 0 Å². The fraction of sp³-hybridized carbons (Fsp3) is 0.538. The van der Waals surface area contributed by atoms with Crippen molar-refractivity contribution in [2.75, 3.05) is 0 Å². The molecule has 0 radical (unpaired) electrons. The minimum absolute atomic E-state index is 0.0359. The second-order valence-corrected chi connectivity index (χ2v) is 5.21. The molecule has 1 aliphatic carbocycles. The number of hydrogen-bond donors (Lipinski definition) is 0. The third kappa shape index (κ3) is 2.70. The summed E-state index contributed by atoms with van der Waals surface area (Å²) in [7, 11) is 0. The molecule has 0 unspecified atom stereocenters. The molecule has 0 saturated carbocycles. The molecule has 0 N–H and O–H groups in total. The minimum Gasteiger partial charge on any atom is -0.337 e. The van der Waals surface area contributed by atoms with E-state index in [0.29, 0.717) is 18.9 Å². The van der Waals surface area contributed by atoms with Crippen molar-refractivity contribution in [1.82, 2.24) is 19.7 Å². The first-order valence-corrected chi connectivity index (χ1v) is 6.73. The number of nitrogens with zero attached hydrogens (tertiary/aromatic N) is 4. The zero-order chi connectivity index (χ0) is 15.0. The lowest BCUT2D eigenvalue weighted by Crippen LogP contribution is -2.28. The minimum atomic E-state index is -3.17. The third-order valence-electron chi connectivity index (χ3n) is 3.48. The summed E-state index contributed by atoms with van der Waals surface area (Å²) in [6.45, 7) is 0.635. The molecule has 0 spiro atoms. The molecule has 0 bridgehead atoms. The molecule has 0 aliphatic heterocycles. The Morgan fingerprint density at radius 1 is 1.38 bits per heavy atom. The quantitative estimate of drug-likeness (QED) is 0.861. The molecule has 2 aromatic heterocycles. The fourth-order valence-corrected chi connectivity index (χ4v) is 2.38. The first-order chi connectivity index (χ1) is 9.95. The van der Waals surface area contributed by atoms with Crippen molar-refractivity contribution in [2.24, 2.45) is 0 Å². The predicted molar refractivity (Wildman–Crippen MR) is 68.1 cm³/mol. The van der Waals surface area contributed by atoms with Crippen LogP contribution in [0.5, 0.6) is 0 Å². The van der Waals surface area contributed by atoms with E-state index in [0.717, 1.165) is 25.0 Å². The van der Waals surface area contributed by atoms with E-state index in [9.17, 15) is 13.6 Å². The summed E-state index contributed by atoms with van der Waals surface area (Å²) in [6, 6.07) is 0. The molecule has 6 nitrogen and oxygen atoms in total. The lowest BCUT2D eigenvalue weighted by Gasteiger charge is -2.14. The summed E-state index contributed by atoms with van der Waals surface area (Å²) >= 11 is 0. The predicted octanol–water partition coefficient (Wildman–Crippen LogP) is 1.67. The molecule has 0 atom stereocenters. The van der Waals surface area contributed by atoms with Crippen LogP contribution in [0.1, 0.15) is 42.7 Å². The van der Waals surface area contributed by atoms with E-state index in [1.54, 1.807) is 0 Å². The summed E-state index contributed by atoms with van der Waals surface area (Å²) in [4.78, 5) is 20.2. The number of hydrogen-bond acceptors (Lipinski definition) is 5. The Kier molecular flexibility index (Phi) is 3.30. The highest BCUT2D eigenvalue weighted by molar-refractivity contribution is 5.19. The maximum Gasteiger partial charge on any atom is 0.307 e. The monoisotopic (exact) mass is 296 g/mol. The van der Waals surface area contributed by atoms with Gasteiger partial charge in [0.2, 0.25) is 11.7 Å². The maximum absolute atomic E-state index is 13.0. The molecule has 0 saturated heterocycles. The van der Waals surface area contributed by atoms with Crippen LogP contribution in [-0.4, -0.2) is 19.7 Å². The van der Waals surface area contributed by atoms with E-state index in [1.165, 1.54) is 10.9 Å². The van der Waals surface area contributed by atoms with Crippen LogP contribution in [0.4, 0.5) is 8.78 Å². The number of fused-ring (bicyclic) bond motifs is 1. The van der Waals surface area contributed by atoms with Crippen LogP contribution < -0.4 is 5.56 Å². The van der Waals surface area contributed by atoms with Crippen LogP contribution in [0, 0.1) is 0 Å². The van der Waals surface area contributed by atoms with Gasteiger partial charge < -0.3 is 4.52 Å². The molecular formula is C13H14F2N4O2. The van der Waals surface area contributed by atoms with Crippen LogP contribution in [0.15, 0.2) is 15.6 Å². The Labute approximate surface area is 118 Å². The van der Waals surface area contributed by atoms with Crippen LogP contribution in [0.3, 0.4) is 0 Å². The Bertz CT molecular complexity index is 718. The van der Waals surface area contributed by atoms with Gasteiger partial charge in [-0.15, -0.1) is 0 Å². The van der Waals surface area contributed by atoms with Gasteiger partial charge in [-0.2, -0.15) is 13.8 Å². The average molecular weight is 296 g/mol. The lowest BCUT2D eigenvalue weighted by molar-refractivity contribution is 0.00559. The molecule has 0 amide bonds.